The molecule has 1 heterocycles. The van der Waals surface area contributed by atoms with E-state index in [-0.39, 0.29) is 11.9 Å². The first-order valence-corrected chi connectivity index (χ1v) is 5.86. The molecule has 18 heavy (non-hydrogen) atoms. The number of ether oxygens (including phenoxy) is 1. The number of esters is 1. The number of piperazine rings is 1. The van der Waals surface area contributed by atoms with Gasteiger partial charge in [0, 0.05) is 19.6 Å². The van der Waals surface area contributed by atoms with Gasteiger partial charge in [-0.1, -0.05) is 18.2 Å². The van der Waals surface area contributed by atoms with Gasteiger partial charge in [-0.05, 0) is 11.6 Å². The van der Waals surface area contributed by atoms with Crippen LogP contribution in [0.25, 0.3) is 0 Å². The van der Waals surface area contributed by atoms with Crippen molar-refractivity contribution in [3.63, 3.8) is 0 Å². The zero-order chi connectivity index (χ0) is 13.0. The van der Waals surface area contributed by atoms with E-state index in [0.29, 0.717) is 25.2 Å². The van der Waals surface area contributed by atoms with Crippen LogP contribution >= 0.6 is 0 Å². The van der Waals surface area contributed by atoms with Crippen molar-refractivity contribution in [3.8, 4) is 0 Å². The van der Waals surface area contributed by atoms with Gasteiger partial charge >= 0.3 is 5.97 Å². The van der Waals surface area contributed by atoms with Crippen molar-refractivity contribution >= 4 is 11.9 Å². The third-order valence-electron chi connectivity index (χ3n) is 2.93. The molecule has 0 radical (unpaired) electrons. The standard InChI is InChI=1S/C13H16N2O3/c1-18-13(17)11-5-3-2-4-10(11)8-15-7-6-14-12(16)9-15/h2-5H,6-9H2,1H3,(H,14,16). The van der Waals surface area contributed by atoms with Crippen molar-refractivity contribution in [2.24, 2.45) is 0 Å². The molecule has 0 saturated carbocycles. The van der Waals surface area contributed by atoms with Gasteiger partial charge < -0.3 is 10.1 Å². The minimum absolute atomic E-state index is 0.0248. The Labute approximate surface area is 106 Å². The van der Waals surface area contributed by atoms with E-state index < -0.39 is 0 Å². The van der Waals surface area contributed by atoms with Crippen molar-refractivity contribution < 1.29 is 14.3 Å². The van der Waals surface area contributed by atoms with E-state index >= 15 is 0 Å². The SMILES string of the molecule is COC(=O)c1ccccc1CN1CCNC(=O)C1. The number of amides is 1. The molecular formula is C13H16N2O3. The van der Waals surface area contributed by atoms with Crippen molar-refractivity contribution in [2.75, 3.05) is 26.7 Å². The van der Waals surface area contributed by atoms with Gasteiger partial charge in [0.1, 0.15) is 0 Å². The molecule has 1 N–H and O–H groups in total. The van der Waals surface area contributed by atoms with Crippen LogP contribution in [-0.2, 0) is 16.1 Å². The number of carbonyl (C=O) groups is 2. The number of methoxy groups -OCH3 is 1. The van der Waals surface area contributed by atoms with Gasteiger partial charge in [0.05, 0.1) is 19.2 Å². The Hall–Kier alpha value is -1.88. The topological polar surface area (TPSA) is 58.6 Å². The molecule has 1 saturated heterocycles. The fourth-order valence-corrected chi connectivity index (χ4v) is 2.03. The molecule has 0 aromatic heterocycles. The number of hydrogen-bond donors (Lipinski definition) is 1. The summed E-state index contributed by atoms with van der Waals surface area (Å²) in [5, 5.41) is 2.77. The van der Waals surface area contributed by atoms with Crippen LogP contribution in [-0.4, -0.2) is 43.5 Å². The molecule has 1 amide bonds. The lowest BCUT2D eigenvalue weighted by molar-refractivity contribution is -0.124. The van der Waals surface area contributed by atoms with E-state index in [1.807, 2.05) is 17.0 Å². The molecule has 1 aliphatic heterocycles. The lowest BCUT2D eigenvalue weighted by Crippen LogP contribution is -2.47. The molecule has 0 bridgehead atoms. The summed E-state index contributed by atoms with van der Waals surface area (Å²) in [5.41, 5.74) is 1.45. The monoisotopic (exact) mass is 248 g/mol. The second-order valence-corrected chi connectivity index (χ2v) is 4.21. The summed E-state index contributed by atoms with van der Waals surface area (Å²) < 4.78 is 4.75. The van der Waals surface area contributed by atoms with Crippen LogP contribution in [0.2, 0.25) is 0 Å². The average Bonchev–Trinajstić information content (AvgIpc) is 2.38. The summed E-state index contributed by atoms with van der Waals surface area (Å²) >= 11 is 0. The van der Waals surface area contributed by atoms with Crippen molar-refractivity contribution in [1.82, 2.24) is 10.2 Å². The zero-order valence-corrected chi connectivity index (χ0v) is 10.3. The highest BCUT2D eigenvalue weighted by atomic mass is 16.5. The first kappa shape index (κ1) is 12.6. The molecule has 0 aliphatic carbocycles. The van der Waals surface area contributed by atoms with Crippen molar-refractivity contribution in [1.29, 1.82) is 0 Å². The Bertz CT molecular complexity index is 459. The molecule has 0 spiro atoms. The minimum Gasteiger partial charge on any atom is -0.465 e. The third kappa shape index (κ3) is 2.87. The van der Waals surface area contributed by atoms with Gasteiger partial charge in [0.2, 0.25) is 5.91 Å². The molecule has 1 fully saturated rings. The predicted octanol–water partition coefficient (Wildman–Crippen LogP) is 0.405. The van der Waals surface area contributed by atoms with Gasteiger partial charge in [0.15, 0.2) is 0 Å². The largest absolute Gasteiger partial charge is 0.465 e. The summed E-state index contributed by atoms with van der Waals surface area (Å²) in [5.74, 6) is -0.316. The second-order valence-electron chi connectivity index (χ2n) is 4.21. The van der Waals surface area contributed by atoms with Crippen molar-refractivity contribution in [3.05, 3.63) is 35.4 Å². The maximum absolute atomic E-state index is 11.6. The summed E-state index contributed by atoms with van der Waals surface area (Å²) in [4.78, 5) is 24.9. The fourth-order valence-electron chi connectivity index (χ4n) is 2.03. The Morgan fingerprint density at radius 2 is 2.22 bits per heavy atom. The second kappa shape index (κ2) is 5.64. The summed E-state index contributed by atoms with van der Waals surface area (Å²) in [6.07, 6.45) is 0. The van der Waals surface area contributed by atoms with Crippen LogP contribution in [0.15, 0.2) is 24.3 Å². The first-order chi connectivity index (χ1) is 8.70. The Kier molecular flexibility index (Phi) is 3.94. The summed E-state index contributed by atoms with van der Waals surface area (Å²) in [6.45, 7) is 2.40. The normalized spacial score (nSPS) is 16.2. The number of carbonyl (C=O) groups excluding carboxylic acids is 2. The molecule has 0 atom stereocenters. The molecule has 2 rings (SSSR count). The molecule has 1 aliphatic rings. The van der Waals surface area contributed by atoms with E-state index in [0.717, 1.165) is 12.1 Å². The van der Waals surface area contributed by atoms with Crippen LogP contribution < -0.4 is 5.32 Å². The predicted molar refractivity (Wildman–Crippen MR) is 66.1 cm³/mol. The molecular weight excluding hydrogens is 232 g/mol. The minimum atomic E-state index is -0.341. The molecule has 96 valence electrons. The Morgan fingerprint density at radius 3 is 2.94 bits per heavy atom. The molecule has 5 nitrogen and oxygen atoms in total. The highest BCUT2D eigenvalue weighted by Crippen LogP contribution is 2.13. The highest BCUT2D eigenvalue weighted by molar-refractivity contribution is 5.91. The fraction of sp³-hybridized carbons (Fsp3) is 0.385. The van der Waals surface area contributed by atoms with Crippen LogP contribution in [0.5, 0.6) is 0 Å². The van der Waals surface area contributed by atoms with E-state index in [9.17, 15) is 9.59 Å². The van der Waals surface area contributed by atoms with Crippen LogP contribution in [0.1, 0.15) is 15.9 Å². The molecule has 1 aromatic rings. The van der Waals surface area contributed by atoms with Gasteiger partial charge in [-0.15, -0.1) is 0 Å². The lowest BCUT2D eigenvalue weighted by atomic mass is 10.1. The number of hydrogen-bond acceptors (Lipinski definition) is 4. The molecule has 0 unspecified atom stereocenters. The number of nitrogens with one attached hydrogen (secondary N) is 1. The van der Waals surface area contributed by atoms with E-state index in [1.54, 1.807) is 12.1 Å². The molecule has 1 aromatic carbocycles. The molecule has 5 heteroatoms. The zero-order valence-electron chi connectivity index (χ0n) is 10.3. The number of nitrogens with zero attached hydrogens (tertiary/aromatic N) is 1. The van der Waals surface area contributed by atoms with Gasteiger partial charge in [-0.2, -0.15) is 0 Å². The maximum atomic E-state index is 11.6. The lowest BCUT2D eigenvalue weighted by Gasteiger charge is -2.26. The van der Waals surface area contributed by atoms with Crippen LogP contribution in [0.4, 0.5) is 0 Å². The van der Waals surface area contributed by atoms with Gasteiger partial charge in [-0.25, -0.2) is 4.79 Å². The summed E-state index contributed by atoms with van der Waals surface area (Å²) in [6, 6.07) is 7.31. The van der Waals surface area contributed by atoms with E-state index in [2.05, 4.69) is 5.32 Å². The smallest absolute Gasteiger partial charge is 0.338 e. The summed E-state index contributed by atoms with van der Waals surface area (Å²) in [7, 11) is 1.37. The number of rotatable bonds is 3. The average molecular weight is 248 g/mol. The highest BCUT2D eigenvalue weighted by Gasteiger charge is 2.18. The first-order valence-electron chi connectivity index (χ1n) is 5.86. The Balaban J connectivity index is 2.13. The number of benzene rings is 1. The van der Waals surface area contributed by atoms with Gasteiger partial charge in [0.25, 0.3) is 0 Å². The van der Waals surface area contributed by atoms with Crippen LogP contribution in [0.3, 0.4) is 0 Å². The quantitative estimate of drug-likeness (QED) is 0.787. The van der Waals surface area contributed by atoms with Gasteiger partial charge in [-0.3, -0.25) is 9.69 Å². The Morgan fingerprint density at radius 1 is 1.44 bits per heavy atom. The van der Waals surface area contributed by atoms with E-state index in [1.165, 1.54) is 7.11 Å². The maximum Gasteiger partial charge on any atom is 0.338 e. The van der Waals surface area contributed by atoms with E-state index in [4.69, 9.17) is 4.74 Å². The third-order valence-corrected chi connectivity index (χ3v) is 2.93. The van der Waals surface area contributed by atoms with Crippen molar-refractivity contribution in [2.45, 2.75) is 6.54 Å². The van der Waals surface area contributed by atoms with Crippen LogP contribution in [0, 0.1) is 0 Å².